The van der Waals surface area contributed by atoms with E-state index < -0.39 is 9.84 Å². The minimum Gasteiger partial charge on any atom is -0.349 e. The van der Waals surface area contributed by atoms with E-state index in [1.807, 2.05) is 0 Å². The Bertz CT molecular complexity index is 642. The molecule has 0 heterocycles. The van der Waals surface area contributed by atoms with Crippen LogP contribution in [0.15, 0.2) is 23.1 Å². The second-order valence-corrected chi connectivity index (χ2v) is 8.15. The predicted octanol–water partition coefficient (Wildman–Crippen LogP) is 3.05. The van der Waals surface area contributed by atoms with Gasteiger partial charge in [-0.05, 0) is 37.0 Å². The molecular formula is C15H20ClNO3S. The van der Waals surface area contributed by atoms with Gasteiger partial charge in [0, 0.05) is 17.9 Å². The summed E-state index contributed by atoms with van der Waals surface area (Å²) in [6.07, 6.45) is 5.48. The van der Waals surface area contributed by atoms with E-state index >= 15 is 0 Å². The van der Waals surface area contributed by atoms with E-state index in [0.29, 0.717) is 11.5 Å². The number of hydrogen-bond acceptors (Lipinski definition) is 3. The quantitative estimate of drug-likeness (QED) is 0.927. The Kier molecular flexibility index (Phi) is 4.94. The van der Waals surface area contributed by atoms with Crippen molar-refractivity contribution in [1.29, 1.82) is 0 Å². The van der Waals surface area contributed by atoms with Crippen molar-refractivity contribution in [2.45, 2.75) is 43.5 Å². The normalized spacial score (nSPS) is 22.8. The van der Waals surface area contributed by atoms with Crippen molar-refractivity contribution in [2.24, 2.45) is 5.92 Å². The Morgan fingerprint density at radius 2 is 1.95 bits per heavy atom. The van der Waals surface area contributed by atoms with Crippen molar-refractivity contribution in [3.8, 4) is 0 Å². The smallest absolute Gasteiger partial charge is 0.251 e. The third kappa shape index (κ3) is 3.98. The zero-order chi connectivity index (χ0) is 15.6. The Hall–Kier alpha value is -1.07. The first-order chi connectivity index (χ1) is 9.79. The Morgan fingerprint density at radius 1 is 1.29 bits per heavy atom. The molecule has 0 aromatic heterocycles. The Labute approximate surface area is 130 Å². The molecule has 0 aliphatic heterocycles. The van der Waals surface area contributed by atoms with Gasteiger partial charge in [-0.2, -0.15) is 0 Å². The fourth-order valence-electron chi connectivity index (χ4n) is 2.71. The molecule has 0 saturated heterocycles. The number of halogens is 1. The molecule has 116 valence electrons. The Balaban J connectivity index is 2.20. The number of carbonyl (C=O) groups is 1. The zero-order valence-corrected chi connectivity index (χ0v) is 13.8. The van der Waals surface area contributed by atoms with Gasteiger partial charge in [0.15, 0.2) is 9.84 Å². The summed E-state index contributed by atoms with van der Waals surface area (Å²) in [4.78, 5) is 12.3. The van der Waals surface area contributed by atoms with Crippen LogP contribution in [0.3, 0.4) is 0 Å². The molecule has 1 saturated carbocycles. The van der Waals surface area contributed by atoms with Gasteiger partial charge in [0.2, 0.25) is 0 Å². The van der Waals surface area contributed by atoms with Crippen LogP contribution in [-0.2, 0) is 9.84 Å². The molecular weight excluding hydrogens is 310 g/mol. The van der Waals surface area contributed by atoms with Crippen LogP contribution in [0.2, 0.25) is 5.02 Å². The van der Waals surface area contributed by atoms with E-state index in [2.05, 4.69) is 12.2 Å². The third-order valence-electron chi connectivity index (χ3n) is 4.02. The maximum Gasteiger partial charge on any atom is 0.251 e. The summed E-state index contributed by atoms with van der Waals surface area (Å²) in [7, 11) is -3.45. The Morgan fingerprint density at radius 3 is 2.57 bits per heavy atom. The van der Waals surface area contributed by atoms with Crippen LogP contribution in [0.25, 0.3) is 0 Å². The van der Waals surface area contributed by atoms with Gasteiger partial charge in [0.1, 0.15) is 0 Å². The fourth-order valence-corrected chi connectivity index (χ4v) is 4.01. The molecule has 6 heteroatoms. The van der Waals surface area contributed by atoms with Crippen molar-refractivity contribution in [3.05, 3.63) is 28.8 Å². The lowest BCUT2D eigenvalue weighted by molar-refractivity contribution is 0.0910. The second kappa shape index (κ2) is 6.36. The third-order valence-corrected chi connectivity index (χ3v) is 5.60. The van der Waals surface area contributed by atoms with Crippen molar-refractivity contribution in [3.63, 3.8) is 0 Å². The standard InChI is InChI=1S/C15H20ClNO3S/c1-10-5-3-4-6-13(10)17-15(18)11-7-8-12(16)14(9-11)21(2,19)20/h7-10,13H,3-6H2,1-2H3,(H,17,18)/t10-,13-/m1/s1. The molecule has 4 nitrogen and oxygen atoms in total. The van der Waals surface area contributed by atoms with Crippen LogP contribution >= 0.6 is 11.6 Å². The zero-order valence-electron chi connectivity index (χ0n) is 12.2. The average molecular weight is 330 g/mol. The SMILES string of the molecule is C[C@@H]1CCCC[C@H]1NC(=O)c1ccc(Cl)c(S(C)(=O)=O)c1. The van der Waals surface area contributed by atoms with Gasteiger partial charge in [0.05, 0.1) is 9.92 Å². The molecule has 2 atom stereocenters. The molecule has 1 N–H and O–H groups in total. The number of benzene rings is 1. The van der Waals surface area contributed by atoms with Gasteiger partial charge >= 0.3 is 0 Å². The number of hydrogen-bond donors (Lipinski definition) is 1. The van der Waals surface area contributed by atoms with Crippen LogP contribution in [0.5, 0.6) is 0 Å². The molecule has 1 aromatic carbocycles. The maximum atomic E-state index is 12.3. The number of amides is 1. The predicted molar refractivity (Wildman–Crippen MR) is 83.4 cm³/mol. The van der Waals surface area contributed by atoms with E-state index in [1.54, 1.807) is 6.07 Å². The molecule has 1 aliphatic carbocycles. The summed E-state index contributed by atoms with van der Waals surface area (Å²) in [5, 5.41) is 3.15. The molecule has 2 rings (SSSR count). The van der Waals surface area contributed by atoms with Crippen molar-refractivity contribution >= 4 is 27.3 Å². The molecule has 0 radical (unpaired) electrons. The van der Waals surface area contributed by atoms with Crippen molar-refractivity contribution in [1.82, 2.24) is 5.32 Å². The minimum absolute atomic E-state index is 0.00601. The van der Waals surface area contributed by atoms with Crippen LogP contribution in [0.4, 0.5) is 0 Å². The lowest BCUT2D eigenvalue weighted by Gasteiger charge is -2.29. The average Bonchev–Trinajstić information content (AvgIpc) is 2.40. The summed E-state index contributed by atoms with van der Waals surface area (Å²) in [5.41, 5.74) is 0.331. The van der Waals surface area contributed by atoms with Crippen molar-refractivity contribution in [2.75, 3.05) is 6.26 Å². The maximum absolute atomic E-state index is 12.3. The van der Waals surface area contributed by atoms with Crippen LogP contribution in [0.1, 0.15) is 43.0 Å². The molecule has 1 fully saturated rings. The van der Waals surface area contributed by atoms with Gasteiger partial charge in [-0.1, -0.05) is 31.4 Å². The van der Waals surface area contributed by atoms with Gasteiger partial charge in [-0.25, -0.2) is 8.42 Å². The lowest BCUT2D eigenvalue weighted by atomic mass is 9.86. The lowest BCUT2D eigenvalue weighted by Crippen LogP contribution is -2.41. The van der Waals surface area contributed by atoms with E-state index in [1.165, 1.54) is 18.6 Å². The number of nitrogens with one attached hydrogen (secondary N) is 1. The van der Waals surface area contributed by atoms with Crippen LogP contribution in [0, 0.1) is 5.92 Å². The highest BCUT2D eigenvalue weighted by Gasteiger charge is 2.24. The van der Waals surface area contributed by atoms with E-state index in [9.17, 15) is 13.2 Å². The highest BCUT2D eigenvalue weighted by Crippen LogP contribution is 2.25. The largest absolute Gasteiger partial charge is 0.349 e. The fraction of sp³-hybridized carbons (Fsp3) is 0.533. The number of carbonyl (C=O) groups excluding carboxylic acids is 1. The molecule has 1 aromatic rings. The summed E-state index contributed by atoms with van der Waals surface area (Å²) in [5.74, 6) is 0.208. The molecule has 21 heavy (non-hydrogen) atoms. The van der Waals surface area contributed by atoms with Gasteiger partial charge < -0.3 is 5.32 Å². The van der Waals surface area contributed by atoms with Gasteiger partial charge in [0.25, 0.3) is 5.91 Å². The molecule has 1 aliphatic rings. The number of sulfone groups is 1. The van der Waals surface area contributed by atoms with E-state index in [4.69, 9.17) is 11.6 Å². The van der Waals surface area contributed by atoms with Crippen LogP contribution < -0.4 is 5.32 Å². The first kappa shape index (κ1) is 16.3. The minimum atomic E-state index is -3.45. The van der Waals surface area contributed by atoms with Crippen LogP contribution in [-0.4, -0.2) is 26.6 Å². The molecule has 0 bridgehead atoms. The van der Waals surface area contributed by atoms with Gasteiger partial charge in [-0.15, -0.1) is 0 Å². The summed E-state index contributed by atoms with van der Waals surface area (Å²) >= 11 is 5.89. The second-order valence-electron chi connectivity index (χ2n) is 5.76. The number of rotatable bonds is 3. The first-order valence-corrected chi connectivity index (χ1v) is 9.36. The molecule has 1 amide bonds. The first-order valence-electron chi connectivity index (χ1n) is 7.09. The summed E-state index contributed by atoms with van der Waals surface area (Å²) < 4.78 is 23.3. The molecule has 0 spiro atoms. The topological polar surface area (TPSA) is 63.2 Å². The monoisotopic (exact) mass is 329 g/mol. The highest BCUT2D eigenvalue weighted by atomic mass is 35.5. The van der Waals surface area contributed by atoms with Crippen molar-refractivity contribution < 1.29 is 13.2 Å². The van der Waals surface area contributed by atoms with Gasteiger partial charge in [-0.3, -0.25) is 4.79 Å². The molecule has 0 unspecified atom stereocenters. The highest BCUT2D eigenvalue weighted by molar-refractivity contribution is 7.90. The van der Waals surface area contributed by atoms with E-state index in [0.717, 1.165) is 25.5 Å². The summed E-state index contributed by atoms with van der Waals surface area (Å²) in [6.45, 7) is 2.13. The van der Waals surface area contributed by atoms with E-state index in [-0.39, 0.29) is 21.9 Å². The summed E-state index contributed by atoms with van der Waals surface area (Å²) in [6, 6.07) is 4.51.